The van der Waals surface area contributed by atoms with Gasteiger partial charge in [-0.05, 0) is 50.7 Å². The summed E-state index contributed by atoms with van der Waals surface area (Å²) in [6.45, 7) is 0. The molecule has 0 unspecified atom stereocenters. The molecule has 1 nitrogen and oxygen atoms in total. The van der Waals surface area contributed by atoms with E-state index in [9.17, 15) is 0 Å². The molecule has 0 saturated carbocycles. The summed E-state index contributed by atoms with van der Waals surface area (Å²) in [6.07, 6.45) is 1.82. The van der Waals surface area contributed by atoms with Crippen molar-refractivity contribution in [2.75, 3.05) is 0 Å². The van der Waals surface area contributed by atoms with Gasteiger partial charge in [0.15, 0.2) is 0 Å². The third-order valence-electron chi connectivity index (χ3n) is 1.63. The summed E-state index contributed by atoms with van der Waals surface area (Å²) in [6, 6.07) is 8.24. The number of nitrogens with zero attached hydrogens (tertiary/aromatic N) is 1. The molecule has 2 aromatic rings. The number of para-hydroxylation sites is 1. The highest BCUT2D eigenvalue weighted by molar-refractivity contribution is 14.1. The minimum atomic E-state index is 1.03. The Kier molecular flexibility index (Phi) is 2.32. The van der Waals surface area contributed by atoms with Crippen LogP contribution in [-0.2, 0) is 0 Å². The first-order chi connectivity index (χ1) is 5.77. The van der Waals surface area contributed by atoms with Gasteiger partial charge in [-0.15, -0.1) is 0 Å². The van der Waals surface area contributed by atoms with Gasteiger partial charge in [0.1, 0.15) is 0 Å². The van der Waals surface area contributed by atoms with E-state index >= 15 is 0 Å². The number of rotatable bonds is 0. The molecule has 3 heteroatoms. The van der Waals surface area contributed by atoms with Crippen molar-refractivity contribution in [3.63, 3.8) is 0 Å². The van der Waals surface area contributed by atoms with E-state index in [-0.39, 0.29) is 0 Å². The van der Waals surface area contributed by atoms with Crippen LogP contribution in [-0.4, -0.2) is 4.98 Å². The lowest BCUT2D eigenvalue weighted by atomic mass is 10.2. The molecule has 12 heavy (non-hydrogen) atoms. The fourth-order valence-electron chi connectivity index (χ4n) is 1.10. The lowest BCUT2D eigenvalue weighted by molar-refractivity contribution is 1.38. The highest BCUT2D eigenvalue weighted by Crippen LogP contribution is 2.21. The zero-order chi connectivity index (χ0) is 8.55. The number of aromatic nitrogens is 1. The summed E-state index contributed by atoms with van der Waals surface area (Å²) in [5.41, 5.74) is 1.07. The fraction of sp³-hybridized carbons (Fsp3) is 0. The van der Waals surface area contributed by atoms with E-state index in [1.807, 2.05) is 12.3 Å². The van der Waals surface area contributed by atoms with Gasteiger partial charge in [-0.1, -0.05) is 12.1 Å². The smallest absolute Gasteiger partial charge is 0.0836 e. The minimum absolute atomic E-state index is 1.03. The zero-order valence-electron chi connectivity index (χ0n) is 6.09. The summed E-state index contributed by atoms with van der Waals surface area (Å²) in [7, 11) is 0. The molecular weight excluding hydrogens is 329 g/mol. The SMILES string of the molecule is Brc1cnc2c(I)cccc2c1. The van der Waals surface area contributed by atoms with Gasteiger partial charge in [0.05, 0.1) is 5.52 Å². The number of pyridine rings is 1. The first-order valence-corrected chi connectivity index (χ1v) is 5.34. The lowest BCUT2D eigenvalue weighted by Crippen LogP contribution is -1.81. The maximum atomic E-state index is 4.33. The first kappa shape index (κ1) is 8.44. The number of fused-ring (bicyclic) bond motifs is 1. The van der Waals surface area contributed by atoms with Gasteiger partial charge in [-0.2, -0.15) is 0 Å². The van der Waals surface area contributed by atoms with E-state index in [1.165, 1.54) is 8.96 Å². The van der Waals surface area contributed by atoms with Crippen molar-refractivity contribution in [1.29, 1.82) is 0 Å². The Morgan fingerprint density at radius 2 is 2.17 bits per heavy atom. The van der Waals surface area contributed by atoms with Crippen LogP contribution in [0.25, 0.3) is 10.9 Å². The molecule has 0 amide bonds. The predicted molar refractivity (Wildman–Crippen MR) is 62.2 cm³/mol. The van der Waals surface area contributed by atoms with E-state index < -0.39 is 0 Å². The molecule has 2 rings (SSSR count). The molecular formula is C9H5BrIN. The monoisotopic (exact) mass is 333 g/mol. The van der Waals surface area contributed by atoms with Crippen molar-refractivity contribution >= 4 is 49.4 Å². The van der Waals surface area contributed by atoms with Crippen molar-refractivity contribution in [3.8, 4) is 0 Å². The van der Waals surface area contributed by atoms with Gasteiger partial charge in [-0.25, -0.2) is 0 Å². The Morgan fingerprint density at radius 1 is 1.33 bits per heavy atom. The Balaban J connectivity index is 2.86. The van der Waals surface area contributed by atoms with Crippen LogP contribution in [0.2, 0.25) is 0 Å². The first-order valence-electron chi connectivity index (χ1n) is 3.47. The molecule has 1 heterocycles. The Labute approximate surface area is 92.5 Å². The van der Waals surface area contributed by atoms with Gasteiger partial charge < -0.3 is 0 Å². The summed E-state index contributed by atoms with van der Waals surface area (Å²) in [5, 5.41) is 1.18. The zero-order valence-corrected chi connectivity index (χ0v) is 9.83. The molecule has 0 atom stereocenters. The molecule has 60 valence electrons. The summed E-state index contributed by atoms with van der Waals surface area (Å²) < 4.78 is 2.22. The maximum absolute atomic E-state index is 4.33. The summed E-state index contributed by atoms with van der Waals surface area (Å²) in [4.78, 5) is 4.33. The third kappa shape index (κ3) is 1.47. The van der Waals surface area contributed by atoms with Gasteiger partial charge in [0, 0.05) is 19.6 Å². The van der Waals surface area contributed by atoms with Gasteiger partial charge in [-0.3, -0.25) is 4.98 Å². The average molecular weight is 334 g/mol. The Morgan fingerprint density at radius 3 is 3.00 bits per heavy atom. The van der Waals surface area contributed by atoms with Crippen molar-refractivity contribution in [2.24, 2.45) is 0 Å². The second-order valence-electron chi connectivity index (χ2n) is 2.47. The molecule has 0 fully saturated rings. The van der Waals surface area contributed by atoms with Crippen LogP contribution in [0, 0.1) is 3.57 Å². The Hall–Kier alpha value is -0.160. The summed E-state index contributed by atoms with van der Waals surface area (Å²) >= 11 is 5.68. The number of benzene rings is 1. The molecule has 0 aliphatic rings. The third-order valence-corrected chi connectivity index (χ3v) is 2.93. The Bertz CT molecular complexity index is 428. The second kappa shape index (κ2) is 3.30. The van der Waals surface area contributed by atoms with E-state index in [1.54, 1.807) is 0 Å². The molecule has 0 radical (unpaired) electrons. The van der Waals surface area contributed by atoms with E-state index in [0.717, 1.165) is 9.99 Å². The molecule has 0 spiro atoms. The van der Waals surface area contributed by atoms with Crippen LogP contribution in [0.1, 0.15) is 0 Å². The minimum Gasteiger partial charge on any atom is -0.254 e. The van der Waals surface area contributed by atoms with E-state index in [0.29, 0.717) is 0 Å². The van der Waals surface area contributed by atoms with Crippen LogP contribution in [0.4, 0.5) is 0 Å². The van der Waals surface area contributed by atoms with Crippen LogP contribution in [0.3, 0.4) is 0 Å². The maximum Gasteiger partial charge on any atom is 0.0836 e. The number of hydrogen-bond donors (Lipinski definition) is 0. The van der Waals surface area contributed by atoms with Crippen molar-refractivity contribution in [2.45, 2.75) is 0 Å². The summed E-state index contributed by atoms with van der Waals surface area (Å²) in [5.74, 6) is 0. The van der Waals surface area contributed by atoms with Gasteiger partial charge >= 0.3 is 0 Å². The standard InChI is InChI=1S/C9H5BrIN/c10-7-4-6-2-1-3-8(11)9(6)12-5-7/h1-5H. The van der Waals surface area contributed by atoms with Gasteiger partial charge in [0.2, 0.25) is 0 Å². The molecule has 1 aromatic heterocycles. The van der Waals surface area contributed by atoms with Crippen molar-refractivity contribution in [3.05, 3.63) is 38.5 Å². The number of halogens is 2. The quantitative estimate of drug-likeness (QED) is 0.671. The van der Waals surface area contributed by atoms with Crippen LogP contribution >= 0.6 is 38.5 Å². The van der Waals surface area contributed by atoms with E-state index in [4.69, 9.17) is 0 Å². The highest BCUT2D eigenvalue weighted by Gasteiger charge is 1.98. The highest BCUT2D eigenvalue weighted by atomic mass is 127. The van der Waals surface area contributed by atoms with Gasteiger partial charge in [0.25, 0.3) is 0 Å². The second-order valence-corrected chi connectivity index (χ2v) is 4.54. The van der Waals surface area contributed by atoms with Crippen LogP contribution in [0.15, 0.2) is 34.9 Å². The normalized spacial score (nSPS) is 10.5. The average Bonchev–Trinajstić information content (AvgIpc) is 2.04. The molecule has 0 aliphatic carbocycles. The largest absolute Gasteiger partial charge is 0.254 e. The van der Waals surface area contributed by atoms with E-state index in [2.05, 4.69) is 61.7 Å². The lowest BCUT2D eigenvalue weighted by Gasteiger charge is -1.98. The molecule has 0 bridgehead atoms. The van der Waals surface area contributed by atoms with Crippen molar-refractivity contribution in [1.82, 2.24) is 4.98 Å². The molecule has 0 N–H and O–H groups in total. The molecule has 1 aromatic carbocycles. The predicted octanol–water partition coefficient (Wildman–Crippen LogP) is 3.60. The van der Waals surface area contributed by atoms with Crippen LogP contribution < -0.4 is 0 Å². The molecule has 0 saturated heterocycles. The number of hydrogen-bond acceptors (Lipinski definition) is 1. The van der Waals surface area contributed by atoms with Crippen molar-refractivity contribution < 1.29 is 0 Å². The van der Waals surface area contributed by atoms with Crippen LogP contribution in [0.5, 0.6) is 0 Å². The topological polar surface area (TPSA) is 12.9 Å². The molecule has 0 aliphatic heterocycles. The fourth-order valence-corrected chi connectivity index (χ4v) is 2.10.